The van der Waals surface area contributed by atoms with Crippen molar-refractivity contribution in [1.82, 2.24) is 5.32 Å². The molecule has 0 spiro atoms. The first-order chi connectivity index (χ1) is 7.60. The van der Waals surface area contributed by atoms with Crippen molar-refractivity contribution in [3.05, 3.63) is 28.8 Å². The smallest absolute Gasteiger partial charge is 0.251 e. The SMILES string of the molecule is CCCNC(=O)c1c(C)cc(OC)cc1C. The van der Waals surface area contributed by atoms with Crippen LogP contribution in [-0.4, -0.2) is 19.6 Å². The van der Waals surface area contributed by atoms with Gasteiger partial charge in [0.25, 0.3) is 5.91 Å². The molecule has 1 amide bonds. The van der Waals surface area contributed by atoms with Crippen LogP contribution >= 0.6 is 0 Å². The van der Waals surface area contributed by atoms with Gasteiger partial charge in [0.2, 0.25) is 0 Å². The summed E-state index contributed by atoms with van der Waals surface area (Å²) < 4.78 is 5.16. The van der Waals surface area contributed by atoms with Gasteiger partial charge in [-0.2, -0.15) is 0 Å². The minimum atomic E-state index is -0.000460. The molecular formula is C13H19NO2. The molecule has 0 aliphatic heterocycles. The lowest BCUT2D eigenvalue weighted by Gasteiger charge is -2.11. The van der Waals surface area contributed by atoms with Gasteiger partial charge in [-0.1, -0.05) is 6.92 Å². The van der Waals surface area contributed by atoms with E-state index >= 15 is 0 Å². The Labute approximate surface area is 96.8 Å². The van der Waals surface area contributed by atoms with E-state index in [-0.39, 0.29) is 5.91 Å². The molecule has 16 heavy (non-hydrogen) atoms. The Morgan fingerprint density at radius 2 is 1.88 bits per heavy atom. The molecule has 0 fully saturated rings. The molecule has 88 valence electrons. The first-order valence-electron chi connectivity index (χ1n) is 5.53. The number of carbonyl (C=O) groups excluding carboxylic acids is 1. The van der Waals surface area contributed by atoms with E-state index in [0.717, 1.165) is 28.9 Å². The Kier molecular flexibility index (Phi) is 4.35. The highest BCUT2D eigenvalue weighted by Crippen LogP contribution is 2.21. The molecule has 0 aromatic heterocycles. The van der Waals surface area contributed by atoms with E-state index < -0.39 is 0 Å². The van der Waals surface area contributed by atoms with E-state index in [1.54, 1.807) is 7.11 Å². The van der Waals surface area contributed by atoms with Gasteiger partial charge in [0.05, 0.1) is 7.11 Å². The van der Waals surface area contributed by atoms with Gasteiger partial charge in [-0.05, 0) is 43.5 Å². The van der Waals surface area contributed by atoms with E-state index in [0.29, 0.717) is 6.54 Å². The third-order valence-electron chi connectivity index (χ3n) is 2.50. The van der Waals surface area contributed by atoms with Crippen LogP contribution in [-0.2, 0) is 0 Å². The zero-order valence-corrected chi connectivity index (χ0v) is 10.4. The lowest BCUT2D eigenvalue weighted by molar-refractivity contribution is 0.0952. The predicted molar refractivity (Wildman–Crippen MR) is 65.1 cm³/mol. The number of rotatable bonds is 4. The second kappa shape index (κ2) is 5.54. The summed E-state index contributed by atoms with van der Waals surface area (Å²) in [5.74, 6) is 0.793. The number of amides is 1. The summed E-state index contributed by atoms with van der Waals surface area (Å²) in [4.78, 5) is 11.9. The van der Waals surface area contributed by atoms with Gasteiger partial charge in [-0.3, -0.25) is 4.79 Å². The lowest BCUT2D eigenvalue weighted by Crippen LogP contribution is -2.25. The van der Waals surface area contributed by atoms with E-state index in [1.165, 1.54) is 0 Å². The number of carbonyl (C=O) groups is 1. The number of aryl methyl sites for hydroxylation is 2. The molecule has 0 aliphatic carbocycles. The van der Waals surface area contributed by atoms with Crippen molar-refractivity contribution >= 4 is 5.91 Å². The number of hydrogen-bond acceptors (Lipinski definition) is 2. The van der Waals surface area contributed by atoms with Crippen molar-refractivity contribution in [2.24, 2.45) is 0 Å². The number of hydrogen-bond donors (Lipinski definition) is 1. The first kappa shape index (κ1) is 12.6. The third-order valence-corrected chi connectivity index (χ3v) is 2.50. The Hall–Kier alpha value is -1.51. The summed E-state index contributed by atoms with van der Waals surface area (Å²) in [5, 5.41) is 2.89. The molecular weight excluding hydrogens is 202 g/mol. The fourth-order valence-corrected chi connectivity index (χ4v) is 1.73. The number of benzene rings is 1. The molecule has 0 saturated carbocycles. The Balaban J connectivity index is 3.00. The maximum absolute atomic E-state index is 11.9. The second-order valence-corrected chi connectivity index (χ2v) is 3.89. The average Bonchev–Trinajstić information content (AvgIpc) is 2.25. The normalized spacial score (nSPS) is 10.0. The molecule has 0 unspecified atom stereocenters. The van der Waals surface area contributed by atoms with Crippen LogP contribution in [0.1, 0.15) is 34.8 Å². The lowest BCUT2D eigenvalue weighted by atomic mass is 10.0. The van der Waals surface area contributed by atoms with Crippen molar-refractivity contribution in [2.45, 2.75) is 27.2 Å². The molecule has 1 aromatic rings. The van der Waals surface area contributed by atoms with Gasteiger partial charge in [-0.25, -0.2) is 0 Å². The topological polar surface area (TPSA) is 38.3 Å². The number of ether oxygens (including phenoxy) is 1. The zero-order chi connectivity index (χ0) is 12.1. The van der Waals surface area contributed by atoms with Crippen molar-refractivity contribution in [3.63, 3.8) is 0 Å². The minimum Gasteiger partial charge on any atom is -0.497 e. The predicted octanol–water partition coefficient (Wildman–Crippen LogP) is 2.45. The standard InChI is InChI=1S/C13H19NO2/c1-5-6-14-13(15)12-9(2)7-11(16-4)8-10(12)3/h7-8H,5-6H2,1-4H3,(H,14,15). The van der Waals surface area contributed by atoms with Crippen LogP contribution in [0.3, 0.4) is 0 Å². The van der Waals surface area contributed by atoms with Crippen molar-refractivity contribution in [1.29, 1.82) is 0 Å². The summed E-state index contributed by atoms with van der Waals surface area (Å²) in [7, 11) is 1.63. The fraction of sp³-hybridized carbons (Fsp3) is 0.462. The first-order valence-corrected chi connectivity index (χ1v) is 5.53. The monoisotopic (exact) mass is 221 g/mol. The van der Waals surface area contributed by atoms with E-state index in [2.05, 4.69) is 5.32 Å². The van der Waals surface area contributed by atoms with Crippen LogP contribution in [0, 0.1) is 13.8 Å². The van der Waals surface area contributed by atoms with Gasteiger partial charge in [0.15, 0.2) is 0 Å². The van der Waals surface area contributed by atoms with Crippen molar-refractivity contribution < 1.29 is 9.53 Å². The molecule has 1 N–H and O–H groups in total. The van der Waals surface area contributed by atoms with Gasteiger partial charge < -0.3 is 10.1 Å². The molecule has 3 nitrogen and oxygen atoms in total. The second-order valence-electron chi connectivity index (χ2n) is 3.89. The van der Waals surface area contributed by atoms with Gasteiger partial charge in [-0.15, -0.1) is 0 Å². The summed E-state index contributed by atoms with van der Waals surface area (Å²) in [6.45, 7) is 6.60. The molecule has 0 atom stereocenters. The van der Waals surface area contributed by atoms with Gasteiger partial charge in [0.1, 0.15) is 5.75 Å². The largest absolute Gasteiger partial charge is 0.497 e. The van der Waals surface area contributed by atoms with Crippen LogP contribution in [0.4, 0.5) is 0 Å². The summed E-state index contributed by atoms with van der Waals surface area (Å²) in [5.41, 5.74) is 2.66. The van der Waals surface area contributed by atoms with E-state index in [1.807, 2.05) is 32.9 Å². The number of nitrogens with one attached hydrogen (secondary N) is 1. The molecule has 0 saturated heterocycles. The Morgan fingerprint density at radius 1 is 1.31 bits per heavy atom. The van der Waals surface area contributed by atoms with Crippen LogP contribution in [0.25, 0.3) is 0 Å². The van der Waals surface area contributed by atoms with Crippen molar-refractivity contribution in [2.75, 3.05) is 13.7 Å². The van der Waals surface area contributed by atoms with Crippen LogP contribution in [0.5, 0.6) is 5.75 Å². The maximum Gasteiger partial charge on any atom is 0.251 e. The average molecular weight is 221 g/mol. The highest BCUT2D eigenvalue weighted by Gasteiger charge is 2.12. The molecule has 3 heteroatoms. The minimum absolute atomic E-state index is 0.000460. The molecule has 1 aromatic carbocycles. The fourth-order valence-electron chi connectivity index (χ4n) is 1.73. The van der Waals surface area contributed by atoms with E-state index in [9.17, 15) is 4.79 Å². The van der Waals surface area contributed by atoms with Crippen molar-refractivity contribution in [3.8, 4) is 5.75 Å². The number of methoxy groups -OCH3 is 1. The summed E-state index contributed by atoms with van der Waals surface area (Å²) >= 11 is 0. The molecule has 0 heterocycles. The molecule has 0 bridgehead atoms. The van der Waals surface area contributed by atoms with Crippen LogP contribution in [0.15, 0.2) is 12.1 Å². The molecule has 0 aliphatic rings. The highest BCUT2D eigenvalue weighted by atomic mass is 16.5. The Morgan fingerprint density at radius 3 is 2.31 bits per heavy atom. The molecule has 1 rings (SSSR count). The van der Waals surface area contributed by atoms with Crippen LogP contribution in [0.2, 0.25) is 0 Å². The Bertz CT molecular complexity index is 363. The van der Waals surface area contributed by atoms with E-state index in [4.69, 9.17) is 4.74 Å². The maximum atomic E-state index is 11.9. The van der Waals surface area contributed by atoms with Gasteiger partial charge in [0, 0.05) is 12.1 Å². The summed E-state index contributed by atoms with van der Waals surface area (Å²) in [6.07, 6.45) is 0.944. The third kappa shape index (κ3) is 2.75. The van der Waals surface area contributed by atoms with Crippen LogP contribution < -0.4 is 10.1 Å². The highest BCUT2D eigenvalue weighted by molar-refractivity contribution is 5.97. The zero-order valence-electron chi connectivity index (χ0n) is 10.4. The van der Waals surface area contributed by atoms with Gasteiger partial charge >= 0.3 is 0 Å². The molecule has 0 radical (unpaired) electrons. The summed E-state index contributed by atoms with van der Waals surface area (Å²) in [6, 6.07) is 3.77. The quantitative estimate of drug-likeness (QED) is 0.848.